The van der Waals surface area contributed by atoms with E-state index in [2.05, 4.69) is 64.9 Å². The normalized spacial score (nSPS) is 16.7. The topological polar surface area (TPSA) is 38.8 Å². The number of carbonyl (C=O) groups excluding carboxylic acids is 1. The van der Waals surface area contributed by atoms with Crippen molar-refractivity contribution in [3.05, 3.63) is 88.3 Å². The summed E-state index contributed by atoms with van der Waals surface area (Å²) < 4.78 is 10.6. The summed E-state index contributed by atoms with van der Waals surface area (Å²) in [5.41, 5.74) is 2.02. The van der Waals surface area contributed by atoms with Crippen LogP contribution in [0.25, 0.3) is 11.5 Å². The lowest BCUT2D eigenvalue weighted by Gasteiger charge is -2.29. The van der Waals surface area contributed by atoms with E-state index in [1.807, 2.05) is 6.07 Å². The van der Waals surface area contributed by atoms with Crippen LogP contribution in [0.3, 0.4) is 0 Å². The Labute approximate surface area is 227 Å². The fraction of sp³-hybridized carbons (Fsp3) is 0.290. The summed E-state index contributed by atoms with van der Waals surface area (Å²) in [5, 5.41) is 5.13. The third-order valence-electron chi connectivity index (χ3n) is 7.02. The van der Waals surface area contributed by atoms with E-state index in [1.165, 1.54) is 20.9 Å². The molecule has 0 spiro atoms. The molecule has 1 fully saturated rings. The van der Waals surface area contributed by atoms with Gasteiger partial charge in [0.15, 0.2) is 17.3 Å². The number of ketones is 1. The zero-order valence-electron chi connectivity index (χ0n) is 21.4. The Morgan fingerprint density at radius 1 is 0.892 bits per heavy atom. The van der Waals surface area contributed by atoms with Crippen molar-refractivity contribution in [3.63, 3.8) is 0 Å². The molecule has 1 unspecified atom stereocenters. The van der Waals surface area contributed by atoms with Crippen LogP contribution in [0.1, 0.15) is 41.6 Å². The number of hydrogen-bond acceptors (Lipinski definition) is 4. The first kappa shape index (κ1) is 27.2. The number of hydrogen-bond donors (Lipinski definition) is 0. The third kappa shape index (κ3) is 6.18. The maximum absolute atomic E-state index is 12.7. The SMILES string of the molecule is COc1ccc(C(=O)CCCN2CCC(=S3C=c4ccccc4=Cc4ccccc43)CC2)cc1OC.Cl. The molecule has 3 aromatic carbocycles. The van der Waals surface area contributed by atoms with Gasteiger partial charge in [0.2, 0.25) is 0 Å². The van der Waals surface area contributed by atoms with Crippen LogP contribution in [-0.4, -0.2) is 49.4 Å². The molecule has 0 N–H and O–H groups in total. The van der Waals surface area contributed by atoms with Crippen LogP contribution in [0.4, 0.5) is 0 Å². The number of piperidine rings is 1. The lowest BCUT2D eigenvalue weighted by atomic mass is 10.0. The van der Waals surface area contributed by atoms with Crippen LogP contribution >= 0.6 is 22.9 Å². The molecule has 2 aliphatic rings. The monoisotopic (exact) mass is 535 g/mol. The predicted octanol–water partition coefficient (Wildman–Crippen LogP) is 5.27. The summed E-state index contributed by atoms with van der Waals surface area (Å²) >= 11 is 0. The van der Waals surface area contributed by atoms with Gasteiger partial charge in [-0.25, -0.2) is 0 Å². The fourth-order valence-corrected chi connectivity index (χ4v) is 7.31. The van der Waals surface area contributed by atoms with Crippen LogP contribution in [0, 0.1) is 0 Å². The first-order valence-corrected chi connectivity index (χ1v) is 13.9. The molecule has 1 saturated heterocycles. The van der Waals surface area contributed by atoms with Gasteiger partial charge in [0.25, 0.3) is 0 Å². The van der Waals surface area contributed by atoms with Crippen molar-refractivity contribution < 1.29 is 14.3 Å². The second-order valence-corrected chi connectivity index (χ2v) is 11.2. The van der Waals surface area contributed by atoms with Crippen molar-refractivity contribution in [2.75, 3.05) is 33.9 Å². The maximum Gasteiger partial charge on any atom is 0.163 e. The molecule has 3 aromatic rings. The molecule has 1 atom stereocenters. The molecular formula is C31H34ClNO3S. The lowest BCUT2D eigenvalue weighted by Crippen LogP contribution is -2.34. The molecule has 37 heavy (non-hydrogen) atoms. The van der Waals surface area contributed by atoms with Crippen LogP contribution in [0.5, 0.6) is 11.5 Å². The Bertz CT molecular complexity index is 1420. The summed E-state index contributed by atoms with van der Waals surface area (Å²) in [6.45, 7) is 3.08. The van der Waals surface area contributed by atoms with Crippen molar-refractivity contribution in [1.82, 2.24) is 4.90 Å². The van der Waals surface area contributed by atoms with E-state index < -0.39 is 0 Å². The second kappa shape index (κ2) is 12.6. The Kier molecular flexibility index (Phi) is 9.25. The molecule has 2 heterocycles. The smallest absolute Gasteiger partial charge is 0.163 e. The largest absolute Gasteiger partial charge is 0.493 e. The lowest BCUT2D eigenvalue weighted by molar-refractivity contribution is 0.0974. The molecular weight excluding hydrogens is 502 g/mol. The highest BCUT2D eigenvalue weighted by Crippen LogP contribution is 2.36. The van der Waals surface area contributed by atoms with E-state index in [-0.39, 0.29) is 28.7 Å². The van der Waals surface area contributed by atoms with E-state index >= 15 is 0 Å². The average molecular weight is 536 g/mol. The van der Waals surface area contributed by atoms with Gasteiger partial charge in [-0.3, -0.25) is 4.79 Å². The molecule has 194 valence electrons. The molecule has 6 heteroatoms. The highest BCUT2D eigenvalue weighted by Gasteiger charge is 2.19. The van der Waals surface area contributed by atoms with Crippen molar-refractivity contribution in [1.29, 1.82) is 0 Å². The molecule has 0 aromatic heterocycles. The molecule has 0 bridgehead atoms. The first-order chi connectivity index (χ1) is 17.7. The minimum atomic E-state index is 0. The Morgan fingerprint density at radius 2 is 1.59 bits per heavy atom. The zero-order chi connectivity index (χ0) is 24.9. The van der Waals surface area contributed by atoms with Crippen molar-refractivity contribution in [3.8, 4) is 11.5 Å². The summed E-state index contributed by atoms with van der Waals surface area (Å²) in [6.07, 6.45) is 5.96. The Hall–Kier alpha value is -2.86. The number of likely N-dealkylation sites (tertiary alicyclic amines) is 1. The van der Waals surface area contributed by atoms with Gasteiger partial charge >= 0.3 is 0 Å². The Balaban J connectivity index is 0.00000320. The molecule has 0 saturated carbocycles. The minimum Gasteiger partial charge on any atom is -0.493 e. The van der Waals surface area contributed by atoms with Crippen LogP contribution < -0.4 is 19.9 Å². The number of Topliss-reactive ketones (excluding diaryl/α,β-unsaturated/α-hetero) is 1. The van der Waals surface area contributed by atoms with Gasteiger partial charge < -0.3 is 14.4 Å². The highest BCUT2D eigenvalue weighted by molar-refractivity contribution is 8.22. The quantitative estimate of drug-likeness (QED) is 0.305. The number of ether oxygens (including phenoxy) is 2. The molecule has 0 amide bonds. The van der Waals surface area contributed by atoms with Gasteiger partial charge in [-0.05, 0) is 82.4 Å². The highest BCUT2D eigenvalue weighted by atomic mass is 35.5. The van der Waals surface area contributed by atoms with Crippen LogP contribution in [-0.2, 0) is 0 Å². The van der Waals surface area contributed by atoms with E-state index in [0.29, 0.717) is 23.5 Å². The first-order valence-electron chi connectivity index (χ1n) is 12.6. The average Bonchev–Trinajstić information content (AvgIpc) is 3.10. The number of benzene rings is 3. The van der Waals surface area contributed by atoms with Gasteiger partial charge in [-0.15, -0.1) is 22.9 Å². The number of nitrogens with zero attached hydrogens (tertiary/aromatic N) is 1. The van der Waals surface area contributed by atoms with Crippen LogP contribution in [0.15, 0.2) is 71.6 Å². The third-order valence-corrected chi connectivity index (χ3v) is 9.38. The summed E-state index contributed by atoms with van der Waals surface area (Å²) in [4.78, 5) is 18.3. The van der Waals surface area contributed by atoms with Crippen molar-refractivity contribution in [2.45, 2.75) is 30.6 Å². The number of rotatable bonds is 7. The van der Waals surface area contributed by atoms with E-state index in [4.69, 9.17) is 9.47 Å². The molecule has 4 nitrogen and oxygen atoms in total. The van der Waals surface area contributed by atoms with Crippen LogP contribution in [0.2, 0.25) is 0 Å². The zero-order valence-corrected chi connectivity index (χ0v) is 23.1. The minimum absolute atomic E-state index is 0. The number of carbonyl (C=O) groups is 1. The van der Waals surface area contributed by atoms with Gasteiger partial charge in [-0.2, -0.15) is 0 Å². The van der Waals surface area contributed by atoms with E-state index in [0.717, 1.165) is 38.9 Å². The van der Waals surface area contributed by atoms with Crippen molar-refractivity contribution >= 4 is 45.0 Å². The van der Waals surface area contributed by atoms with E-state index in [1.54, 1.807) is 31.2 Å². The van der Waals surface area contributed by atoms with Gasteiger partial charge in [-0.1, -0.05) is 42.5 Å². The summed E-state index contributed by atoms with van der Waals surface area (Å²) in [5.74, 6) is 1.40. The standard InChI is InChI=1S/C31H33NO3S.ClH/c1-34-29-14-13-24(21-30(29)35-2)28(33)11-7-17-32-18-15-27(16-19-32)36-22-26-10-4-3-8-23(26)20-25-9-5-6-12-31(25)36;/h3-6,8-10,12-14,20-22H,7,11,15-19H2,1-2H3;1H. The summed E-state index contributed by atoms with van der Waals surface area (Å²) in [7, 11) is 3.21. The number of fused-ring (bicyclic) bond motifs is 2. The van der Waals surface area contributed by atoms with Crippen molar-refractivity contribution in [2.24, 2.45) is 0 Å². The summed E-state index contributed by atoms with van der Waals surface area (Å²) in [6, 6.07) is 23.0. The Morgan fingerprint density at radius 3 is 2.35 bits per heavy atom. The molecule has 2 aliphatic heterocycles. The van der Waals surface area contributed by atoms with Gasteiger partial charge in [0, 0.05) is 30.0 Å². The number of halogens is 1. The fourth-order valence-electron chi connectivity index (χ4n) is 5.01. The maximum atomic E-state index is 12.7. The van der Waals surface area contributed by atoms with Gasteiger partial charge in [0.05, 0.1) is 14.2 Å². The predicted molar refractivity (Wildman–Crippen MR) is 157 cm³/mol. The van der Waals surface area contributed by atoms with E-state index in [9.17, 15) is 4.79 Å². The molecule has 0 aliphatic carbocycles. The second-order valence-electron chi connectivity index (χ2n) is 9.24. The molecule has 0 radical (unpaired) electrons. The molecule has 5 rings (SSSR count). The van der Waals surface area contributed by atoms with Gasteiger partial charge in [0.1, 0.15) is 0 Å². The number of methoxy groups -OCH3 is 2.